The molecule has 0 aromatic heterocycles. The molecule has 0 aliphatic carbocycles. The first-order valence-corrected chi connectivity index (χ1v) is 23.4. The van der Waals surface area contributed by atoms with Gasteiger partial charge in [-0.05, 0) is 111 Å². The smallest absolute Gasteiger partial charge is 0.373 e. The minimum Gasteiger partial charge on any atom is -0.396 e. The number of hydrogen-bond donors (Lipinski definition) is 1. The van der Waals surface area contributed by atoms with Crippen molar-refractivity contribution in [2.75, 3.05) is 32.8 Å². The zero-order valence-electron chi connectivity index (χ0n) is 35.5. The maximum atomic E-state index is 13.3. The van der Waals surface area contributed by atoms with Gasteiger partial charge in [-0.2, -0.15) is 27.8 Å². The Morgan fingerprint density at radius 3 is 1.44 bits per heavy atom. The molecule has 4 aromatic carbocycles. The van der Waals surface area contributed by atoms with E-state index in [1.54, 1.807) is 26.8 Å². The molecule has 4 aromatic rings. The lowest BCUT2D eigenvalue weighted by Crippen LogP contribution is -2.33. The quantitative estimate of drug-likeness (QED) is 0.135. The molecule has 15 heteroatoms. The first kappa shape index (κ1) is 51.4. The van der Waals surface area contributed by atoms with Gasteiger partial charge in [0.25, 0.3) is 0 Å². The summed E-state index contributed by atoms with van der Waals surface area (Å²) in [7, 11) is -7.11. The molecule has 13 nitrogen and oxygen atoms in total. The van der Waals surface area contributed by atoms with Crippen LogP contribution >= 0.6 is 0 Å². The fourth-order valence-electron chi connectivity index (χ4n) is 7.20. The fraction of sp³-hybridized carbons (Fsp3) is 0.404. The maximum absolute atomic E-state index is 13.3. The Morgan fingerprint density at radius 1 is 0.629 bits per heavy atom. The van der Waals surface area contributed by atoms with E-state index in [-0.39, 0.29) is 31.1 Å². The van der Waals surface area contributed by atoms with E-state index < -0.39 is 20.0 Å². The van der Waals surface area contributed by atoms with Crippen LogP contribution in [0.2, 0.25) is 0 Å². The summed E-state index contributed by atoms with van der Waals surface area (Å²) in [6, 6.07) is 31.2. The van der Waals surface area contributed by atoms with Crippen LogP contribution in [-0.4, -0.2) is 87.8 Å². The van der Waals surface area contributed by atoms with Gasteiger partial charge in [0.1, 0.15) is 0 Å². The lowest BCUT2D eigenvalue weighted by atomic mass is 10.1. The van der Waals surface area contributed by atoms with Crippen molar-refractivity contribution >= 4 is 32.3 Å². The largest absolute Gasteiger partial charge is 0.396 e. The van der Waals surface area contributed by atoms with Crippen molar-refractivity contribution in [1.82, 2.24) is 8.61 Å². The van der Waals surface area contributed by atoms with Crippen molar-refractivity contribution < 1.29 is 50.6 Å². The lowest BCUT2D eigenvalue weighted by Gasteiger charge is -2.22. The van der Waals surface area contributed by atoms with Crippen LogP contribution in [0.4, 0.5) is 0 Å². The molecular formula is C47H58N2O11S2. The van der Waals surface area contributed by atoms with E-state index in [1.807, 2.05) is 98.8 Å². The number of aliphatic hydroxyl groups excluding tert-OH is 1. The second kappa shape index (κ2) is 27.2. The number of sulfonamides is 2. The number of allylic oxidation sites excluding steroid dienone is 1. The van der Waals surface area contributed by atoms with Gasteiger partial charge >= 0.3 is 12.3 Å². The van der Waals surface area contributed by atoms with E-state index in [2.05, 4.69) is 6.58 Å². The highest BCUT2D eigenvalue weighted by Crippen LogP contribution is 2.28. The van der Waals surface area contributed by atoms with Gasteiger partial charge in [0.15, 0.2) is 0 Å². The molecule has 2 fully saturated rings. The van der Waals surface area contributed by atoms with Crippen molar-refractivity contribution in [3.63, 3.8) is 0 Å². The summed E-state index contributed by atoms with van der Waals surface area (Å²) in [6.07, 6.45) is 8.02. The van der Waals surface area contributed by atoms with Gasteiger partial charge in [-0.1, -0.05) is 91.0 Å². The number of aliphatic hydroxyl groups is 1. The van der Waals surface area contributed by atoms with Crippen molar-refractivity contribution in [1.29, 1.82) is 0 Å². The summed E-state index contributed by atoms with van der Waals surface area (Å²) in [6.45, 7) is 10.6. The molecule has 1 N–H and O–H groups in total. The van der Waals surface area contributed by atoms with E-state index in [0.717, 1.165) is 53.5 Å². The van der Waals surface area contributed by atoms with Crippen molar-refractivity contribution in [3.05, 3.63) is 143 Å². The minimum atomic E-state index is -3.58. The normalized spacial score (nSPS) is 17.1. The third-order valence-electron chi connectivity index (χ3n) is 10.4. The van der Waals surface area contributed by atoms with Crippen LogP contribution in [0.15, 0.2) is 120 Å². The average Bonchev–Trinajstić information content (AvgIpc) is 3.67. The second-order valence-corrected chi connectivity index (χ2v) is 18.7. The Hall–Kier alpha value is -4.92. The Kier molecular flexibility index (Phi) is 22.6. The molecule has 2 saturated heterocycles. The fourth-order valence-corrected chi connectivity index (χ4v) is 10.8. The van der Waals surface area contributed by atoms with Gasteiger partial charge in [-0.3, -0.25) is 0 Å². The first-order chi connectivity index (χ1) is 29.8. The highest BCUT2D eigenvalue weighted by Gasteiger charge is 2.31. The molecular weight excluding hydrogens is 833 g/mol. The summed E-state index contributed by atoms with van der Waals surface area (Å²) in [5.74, 6) is 0. The van der Waals surface area contributed by atoms with Crippen LogP contribution in [0.25, 0.3) is 0 Å². The van der Waals surface area contributed by atoms with Gasteiger partial charge in [-0.15, -0.1) is 6.58 Å². The Morgan fingerprint density at radius 2 is 1.03 bits per heavy atom. The molecule has 334 valence electrons. The number of nitrogens with zero attached hydrogens (tertiary/aromatic N) is 2. The molecule has 0 bridgehead atoms. The first-order valence-electron chi connectivity index (χ1n) is 20.5. The van der Waals surface area contributed by atoms with Crippen molar-refractivity contribution in [3.8, 4) is 0 Å². The maximum Gasteiger partial charge on any atom is 0.373 e. The van der Waals surface area contributed by atoms with E-state index in [1.165, 1.54) is 0 Å². The van der Waals surface area contributed by atoms with E-state index in [0.29, 0.717) is 80.4 Å². The van der Waals surface area contributed by atoms with Crippen LogP contribution in [0.1, 0.15) is 71.9 Å². The lowest BCUT2D eigenvalue weighted by molar-refractivity contribution is -0.193. The standard InChI is InChI=1S/C23H29NO3S.C22H29NO4S.2CO2/c1-3-8-21-13-12-19(2)17-23(21)28(25,26)24-15-7-11-22(14-16-24)27-18-20-9-5-4-6-10-20;1-18-9-10-20(12-15-24)22(16-18)28(25,26)23-13-5-8-21(11-14-23)27-17-19-6-3-2-4-7-19;2*2-1-3/h3-6,9-10,12-13,17,22H,1,7-8,11,14-16,18H2,2H3;2-4,6-7,9-10,16,21,24H,5,8,11-15,17H2,1H3;;. The Labute approximate surface area is 366 Å². The summed E-state index contributed by atoms with van der Waals surface area (Å²) in [4.78, 5) is 33.2. The molecule has 0 spiro atoms. The number of hydrogen-bond acceptors (Lipinski definition) is 11. The van der Waals surface area contributed by atoms with Gasteiger partial charge in [0.05, 0.1) is 35.2 Å². The van der Waals surface area contributed by atoms with Gasteiger partial charge < -0.3 is 14.6 Å². The molecule has 6 rings (SSSR count). The monoisotopic (exact) mass is 890 g/mol. The number of benzene rings is 4. The third kappa shape index (κ3) is 16.4. The summed E-state index contributed by atoms with van der Waals surface area (Å²) in [5, 5.41) is 9.30. The predicted molar refractivity (Wildman–Crippen MR) is 232 cm³/mol. The Balaban J connectivity index is 0.000000293. The summed E-state index contributed by atoms with van der Waals surface area (Å²) >= 11 is 0. The predicted octanol–water partition coefficient (Wildman–Crippen LogP) is 6.61. The summed E-state index contributed by atoms with van der Waals surface area (Å²) in [5.41, 5.74) is 5.61. The zero-order chi connectivity index (χ0) is 45.4. The van der Waals surface area contributed by atoms with Crippen LogP contribution in [-0.2, 0) is 74.8 Å². The van der Waals surface area contributed by atoms with E-state index in [9.17, 15) is 21.9 Å². The zero-order valence-corrected chi connectivity index (χ0v) is 37.2. The molecule has 62 heavy (non-hydrogen) atoms. The SMILES string of the molecule is C=CCc1ccc(C)cc1S(=O)(=O)N1CCCC(OCc2ccccc2)CC1.Cc1ccc(CCO)c(S(=O)(=O)N2CCCC(OCc3ccccc3)CC2)c1.O=C=O.O=C=O. The topological polar surface area (TPSA) is 182 Å². The minimum absolute atomic E-state index is 0.0647. The molecule has 2 unspecified atom stereocenters. The van der Waals surface area contributed by atoms with Gasteiger partial charge in [0.2, 0.25) is 20.0 Å². The summed E-state index contributed by atoms with van der Waals surface area (Å²) < 4.78 is 68.5. The van der Waals surface area contributed by atoms with Crippen LogP contribution in [0.3, 0.4) is 0 Å². The Bertz CT molecular complexity index is 2250. The number of ether oxygens (including phenoxy) is 2. The molecule has 2 atom stereocenters. The average molecular weight is 891 g/mol. The molecule has 2 aliphatic heterocycles. The number of rotatable bonds is 14. The number of aryl methyl sites for hydroxylation is 2. The van der Waals surface area contributed by atoms with Crippen LogP contribution in [0, 0.1) is 13.8 Å². The molecule has 0 saturated carbocycles. The van der Waals surface area contributed by atoms with Gasteiger partial charge in [-0.25, -0.2) is 16.8 Å². The molecule has 0 radical (unpaired) electrons. The highest BCUT2D eigenvalue weighted by molar-refractivity contribution is 7.89. The third-order valence-corrected chi connectivity index (χ3v) is 14.3. The molecule has 0 amide bonds. The van der Waals surface area contributed by atoms with E-state index >= 15 is 0 Å². The molecule has 2 aliphatic rings. The number of carbonyl (C=O) groups excluding carboxylic acids is 4. The van der Waals surface area contributed by atoms with E-state index in [4.69, 9.17) is 28.7 Å². The molecule has 2 heterocycles. The highest BCUT2D eigenvalue weighted by atomic mass is 32.2. The van der Waals surface area contributed by atoms with Crippen molar-refractivity contribution in [2.24, 2.45) is 0 Å². The van der Waals surface area contributed by atoms with Crippen LogP contribution in [0.5, 0.6) is 0 Å². The van der Waals surface area contributed by atoms with Crippen molar-refractivity contribution in [2.45, 2.75) is 100 Å². The van der Waals surface area contributed by atoms with Gasteiger partial charge in [0, 0.05) is 32.8 Å². The second-order valence-electron chi connectivity index (χ2n) is 14.9. The van der Waals surface area contributed by atoms with Crippen LogP contribution < -0.4 is 0 Å².